The molecule has 0 amide bonds. The van der Waals surface area contributed by atoms with E-state index in [0.717, 1.165) is 34.3 Å². The number of ether oxygens (including phenoxy) is 4. The van der Waals surface area contributed by atoms with Gasteiger partial charge in [0.05, 0.1) is 75.0 Å². The van der Waals surface area contributed by atoms with Crippen LogP contribution in [0.3, 0.4) is 0 Å². The van der Waals surface area contributed by atoms with Crippen LogP contribution in [0.2, 0.25) is 0 Å². The van der Waals surface area contributed by atoms with Gasteiger partial charge in [-0.3, -0.25) is 19.1 Å². The fourth-order valence-corrected chi connectivity index (χ4v) is 6.27. The first kappa shape index (κ1) is 41.8. The summed E-state index contributed by atoms with van der Waals surface area (Å²) < 4.78 is 51.6. The van der Waals surface area contributed by atoms with Gasteiger partial charge in [-0.15, -0.1) is 20.4 Å². The van der Waals surface area contributed by atoms with Crippen molar-refractivity contribution in [2.24, 2.45) is 0 Å². The molecule has 61 heavy (non-hydrogen) atoms. The molecule has 310 valence electrons. The summed E-state index contributed by atoms with van der Waals surface area (Å²) in [6, 6.07) is 20.7. The number of methoxy groups -OCH3 is 3. The summed E-state index contributed by atoms with van der Waals surface area (Å²) in [6.45, 7) is 7.28. The second-order valence-corrected chi connectivity index (χ2v) is 13.5. The number of nitrogens with zero attached hydrogens (tertiary/aromatic N) is 11. The van der Waals surface area contributed by atoms with Crippen molar-refractivity contribution in [3.05, 3.63) is 138 Å². The van der Waals surface area contributed by atoms with E-state index in [1.807, 2.05) is 35.0 Å². The van der Waals surface area contributed by atoms with E-state index in [1.54, 1.807) is 57.3 Å². The molecule has 6 aromatic heterocycles. The van der Waals surface area contributed by atoms with Crippen molar-refractivity contribution in [3.8, 4) is 68.6 Å². The number of halogens is 2. The van der Waals surface area contributed by atoms with Crippen LogP contribution in [-0.4, -0.2) is 89.0 Å². The van der Waals surface area contributed by atoms with Gasteiger partial charge in [-0.25, -0.2) is 23.7 Å². The maximum atomic E-state index is 13.4. The van der Waals surface area contributed by atoms with Gasteiger partial charge < -0.3 is 18.9 Å². The van der Waals surface area contributed by atoms with Crippen LogP contribution in [0.4, 0.5) is 8.78 Å². The average molecular weight is 826 g/mol. The topological polar surface area (TPSA) is 163 Å². The first-order chi connectivity index (χ1) is 29.7. The van der Waals surface area contributed by atoms with E-state index in [-0.39, 0.29) is 6.61 Å². The Morgan fingerprint density at radius 3 is 1.82 bits per heavy atom. The van der Waals surface area contributed by atoms with Crippen LogP contribution in [0.25, 0.3) is 56.8 Å². The molecule has 8 aromatic rings. The molecule has 2 aromatic carbocycles. The Bertz CT molecular complexity index is 2690. The largest absolute Gasteiger partial charge is 0.481 e. The Morgan fingerprint density at radius 2 is 1.21 bits per heavy atom. The molecule has 0 spiro atoms. The zero-order valence-corrected chi connectivity index (χ0v) is 34.2. The van der Waals surface area contributed by atoms with Crippen molar-refractivity contribution >= 4 is 0 Å². The fraction of sp³-hybridized carbons (Fsp3) is 0.205. The molecule has 0 N–H and O–H groups in total. The molecule has 17 heteroatoms. The highest BCUT2D eigenvalue weighted by atomic mass is 19.1. The normalized spacial score (nSPS) is 11.0. The minimum Gasteiger partial charge on any atom is -0.481 e. The van der Waals surface area contributed by atoms with Gasteiger partial charge in [0.15, 0.2) is 17.5 Å². The van der Waals surface area contributed by atoms with E-state index in [1.165, 1.54) is 35.7 Å². The van der Waals surface area contributed by atoms with Gasteiger partial charge in [-0.05, 0) is 68.3 Å². The molecule has 6 heterocycles. The van der Waals surface area contributed by atoms with Crippen LogP contribution in [0.15, 0.2) is 104 Å². The van der Waals surface area contributed by atoms with Crippen molar-refractivity contribution in [1.29, 1.82) is 0 Å². The number of hydrogen-bond donors (Lipinski definition) is 0. The Kier molecular flexibility index (Phi) is 13.1. The summed E-state index contributed by atoms with van der Waals surface area (Å²) in [7, 11) is 4.77. The van der Waals surface area contributed by atoms with Gasteiger partial charge in [-0.2, -0.15) is 0 Å². The zero-order chi connectivity index (χ0) is 42.9. The smallest absolute Gasteiger partial charge is 0.213 e. The van der Waals surface area contributed by atoms with Crippen molar-refractivity contribution < 1.29 is 27.7 Å². The van der Waals surface area contributed by atoms with Crippen molar-refractivity contribution in [1.82, 2.24) is 54.4 Å². The van der Waals surface area contributed by atoms with E-state index in [9.17, 15) is 8.78 Å². The lowest BCUT2D eigenvalue weighted by Crippen LogP contribution is -2.08. The maximum absolute atomic E-state index is 13.4. The third kappa shape index (κ3) is 9.59. The Labute approximate surface area is 350 Å². The highest BCUT2D eigenvalue weighted by Gasteiger charge is 2.19. The lowest BCUT2D eigenvalue weighted by atomic mass is 10.0. The highest BCUT2D eigenvalue weighted by molar-refractivity contribution is 5.68. The average Bonchev–Trinajstić information content (AvgIpc) is 3.89. The number of hydrogen-bond acceptors (Lipinski definition) is 13. The van der Waals surface area contributed by atoms with Crippen molar-refractivity contribution in [3.63, 3.8) is 0 Å². The summed E-state index contributed by atoms with van der Waals surface area (Å²) >= 11 is 0. The molecule has 0 saturated carbocycles. The van der Waals surface area contributed by atoms with E-state index < -0.39 is 11.6 Å². The van der Waals surface area contributed by atoms with Gasteiger partial charge in [0.2, 0.25) is 11.8 Å². The van der Waals surface area contributed by atoms with E-state index in [2.05, 4.69) is 72.4 Å². The fourth-order valence-electron chi connectivity index (χ4n) is 6.27. The minimum atomic E-state index is -0.678. The second kappa shape index (κ2) is 19.1. The molecule has 0 aliphatic heterocycles. The zero-order valence-electron chi connectivity index (χ0n) is 34.2. The van der Waals surface area contributed by atoms with Crippen LogP contribution < -0.4 is 9.47 Å². The predicted molar refractivity (Wildman–Crippen MR) is 222 cm³/mol. The molecule has 0 aliphatic carbocycles. The van der Waals surface area contributed by atoms with Crippen LogP contribution in [0.5, 0.6) is 11.8 Å². The van der Waals surface area contributed by atoms with Crippen molar-refractivity contribution in [2.75, 3.05) is 34.5 Å². The first-order valence-corrected chi connectivity index (χ1v) is 18.9. The molecule has 0 fully saturated rings. The Balaban J connectivity index is 0.000000186. The van der Waals surface area contributed by atoms with Gasteiger partial charge in [0.25, 0.3) is 0 Å². The quantitative estimate of drug-likeness (QED) is 0.105. The predicted octanol–water partition coefficient (Wildman–Crippen LogP) is 7.56. The maximum Gasteiger partial charge on any atom is 0.213 e. The number of rotatable bonds is 13. The summed E-state index contributed by atoms with van der Waals surface area (Å²) in [5.74, 6) is 2.09. The molecule has 15 nitrogen and oxygen atoms in total. The van der Waals surface area contributed by atoms with Gasteiger partial charge in [-0.1, -0.05) is 18.2 Å². The minimum absolute atomic E-state index is 0.288. The molecule has 0 bridgehead atoms. The lowest BCUT2D eigenvalue weighted by Gasteiger charge is -2.12. The Hall–Kier alpha value is -7.37. The van der Waals surface area contributed by atoms with Crippen LogP contribution in [0, 0.1) is 32.4 Å². The molecule has 0 unspecified atom stereocenters. The Morgan fingerprint density at radius 1 is 0.557 bits per heavy atom. The summed E-state index contributed by atoms with van der Waals surface area (Å²) in [5.41, 5.74) is 7.98. The molecule has 0 saturated heterocycles. The van der Waals surface area contributed by atoms with E-state index in [0.29, 0.717) is 65.2 Å². The number of aryl methyl sites for hydroxylation is 2. The third-order valence-corrected chi connectivity index (χ3v) is 9.54. The summed E-state index contributed by atoms with van der Waals surface area (Å²) in [6.07, 6.45) is 8.10. The summed E-state index contributed by atoms with van der Waals surface area (Å²) in [4.78, 5) is 21.9. The van der Waals surface area contributed by atoms with E-state index >= 15 is 0 Å². The molecule has 0 atom stereocenters. The SMILES string of the molecule is COCCOCc1nnc(-c2ccc(-c3cccc(C)c3C)nc2)n1-c1ccc(OC)nc1.COc1ccc(-n2c(C)nnc2-c2cnc(-c3cc(F)cc(F)c3)cn2)cn1. The number of pyridine rings is 3. The lowest BCUT2D eigenvalue weighted by molar-refractivity contribution is 0.0580. The third-order valence-electron chi connectivity index (χ3n) is 9.54. The second-order valence-electron chi connectivity index (χ2n) is 13.5. The molecular formula is C44H41F2N11O4. The van der Waals surface area contributed by atoms with Gasteiger partial charge >= 0.3 is 0 Å². The molecular weight excluding hydrogens is 785 g/mol. The molecule has 0 aliphatic rings. The number of benzene rings is 2. The van der Waals surface area contributed by atoms with Crippen LogP contribution in [-0.2, 0) is 16.1 Å². The highest BCUT2D eigenvalue weighted by Crippen LogP contribution is 2.29. The van der Waals surface area contributed by atoms with Crippen LogP contribution >= 0.6 is 0 Å². The van der Waals surface area contributed by atoms with E-state index in [4.69, 9.17) is 23.9 Å². The first-order valence-electron chi connectivity index (χ1n) is 18.9. The number of aromatic nitrogens is 11. The van der Waals surface area contributed by atoms with Crippen LogP contribution in [0.1, 0.15) is 22.8 Å². The molecule has 0 radical (unpaired) electrons. The monoisotopic (exact) mass is 825 g/mol. The van der Waals surface area contributed by atoms with Gasteiger partial charge in [0, 0.05) is 48.2 Å². The standard InChI is InChI=1S/C25H27N5O3.C19H14F2N6O/c1-17-6-5-7-21(18(17)2)22-10-8-19(14-26-22)25-29-28-23(16-33-13-12-31-3)30(25)20-9-11-24(32-4)27-15-20;1-11-25-26-19(27(11)15-3-4-18(28-2)24-8-15)17-10-22-16(9-23-17)12-5-13(20)7-14(21)6-12/h5-11,14-15H,12-13,16H2,1-4H3;3-10H,1-2H3. The molecule has 8 rings (SSSR count). The van der Waals surface area contributed by atoms with Crippen molar-refractivity contribution in [2.45, 2.75) is 27.4 Å². The van der Waals surface area contributed by atoms with Gasteiger partial charge in [0.1, 0.15) is 29.8 Å². The summed E-state index contributed by atoms with van der Waals surface area (Å²) in [5, 5.41) is 17.1.